The highest BCUT2D eigenvalue weighted by Gasteiger charge is 2.45. The van der Waals surface area contributed by atoms with E-state index in [2.05, 4.69) is 16.8 Å². The van der Waals surface area contributed by atoms with Crippen molar-refractivity contribution in [2.24, 2.45) is 0 Å². The Morgan fingerprint density at radius 2 is 1.91 bits per heavy atom. The molecule has 0 unspecified atom stereocenters. The molecule has 1 aliphatic heterocycles. The van der Waals surface area contributed by atoms with Crippen LogP contribution >= 0.6 is 11.3 Å². The molecule has 0 N–H and O–H groups in total. The normalized spacial score (nSPS) is 15.3. The smallest absolute Gasteiger partial charge is 0.297 e. The molecule has 7 nitrogen and oxygen atoms in total. The number of ether oxygens (including phenoxy) is 1. The number of hydrogen-bond acceptors (Lipinski definition) is 7. The molecule has 5 rings (SSSR count). The Morgan fingerprint density at radius 1 is 1.15 bits per heavy atom. The van der Waals surface area contributed by atoms with Crippen LogP contribution in [0.3, 0.4) is 0 Å². The highest BCUT2D eigenvalue weighted by molar-refractivity contribution is 7.15. The maximum absolute atomic E-state index is 13.6. The van der Waals surface area contributed by atoms with Crippen molar-refractivity contribution in [3.05, 3.63) is 93.3 Å². The maximum atomic E-state index is 13.6. The second-order valence-corrected chi connectivity index (χ2v) is 8.98. The number of rotatable bonds is 6. The number of benzene rings is 2. The van der Waals surface area contributed by atoms with Gasteiger partial charge in [0.25, 0.3) is 5.91 Å². The molecule has 8 heteroatoms. The number of carbonyl (C=O) groups is 1. The first-order valence-electron chi connectivity index (χ1n) is 10.6. The predicted molar refractivity (Wildman–Crippen MR) is 127 cm³/mol. The SMILES string of the molecule is C=CCOc1ccc([C@H]2c3c(oc4ccccc4c3=O)C(=O)N2c2nnc(C(C)C)s2)cc1. The largest absolute Gasteiger partial charge is 0.490 e. The Hall–Kier alpha value is -3.78. The third-order valence-corrected chi connectivity index (χ3v) is 6.69. The summed E-state index contributed by atoms with van der Waals surface area (Å²) in [5.41, 5.74) is 1.20. The monoisotopic (exact) mass is 459 g/mol. The minimum Gasteiger partial charge on any atom is -0.490 e. The fourth-order valence-corrected chi connectivity index (χ4v) is 4.76. The van der Waals surface area contributed by atoms with Gasteiger partial charge in [0.1, 0.15) is 22.9 Å². The summed E-state index contributed by atoms with van der Waals surface area (Å²) >= 11 is 1.34. The van der Waals surface area contributed by atoms with E-state index in [9.17, 15) is 9.59 Å². The van der Waals surface area contributed by atoms with E-state index in [1.54, 1.807) is 30.3 Å². The lowest BCUT2D eigenvalue weighted by molar-refractivity contribution is 0.0970. The number of hydrogen-bond donors (Lipinski definition) is 0. The molecule has 0 fully saturated rings. The minimum atomic E-state index is -0.685. The van der Waals surface area contributed by atoms with Crippen LogP contribution in [0.2, 0.25) is 0 Å². The topological polar surface area (TPSA) is 85.5 Å². The van der Waals surface area contributed by atoms with Gasteiger partial charge in [0.15, 0.2) is 5.43 Å². The Bertz CT molecular complexity index is 1420. The van der Waals surface area contributed by atoms with Gasteiger partial charge in [-0.3, -0.25) is 14.5 Å². The maximum Gasteiger partial charge on any atom is 0.297 e. The number of nitrogens with zero attached hydrogens (tertiary/aromatic N) is 3. The van der Waals surface area contributed by atoms with Gasteiger partial charge in [0.05, 0.1) is 17.0 Å². The van der Waals surface area contributed by atoms with E-state index >= 15 is 0 Å². The molecular formula is C25H21N3O4S. The Balaban J connectivity index is 1.70. The number of fused-ring (bicyclic) bond motifs is 2. The molecule has 0 spiro atoms. The van der Waals surface area contributed by atoms with E-state index in [1.807, 2.05) is 38.1 Å². The molecule has 2 aromatic carbocycles. The van der Waals surface area contributed by atoms with Gasteiger partial charge in [-0.05, 0) is 29.8 Å². The third kappa shape index (κ3) is 3.52. The average molecular weight is 460 g/mol. The van der Waals surface area contributed by atoms with E-state index in [4.69, 9.17) is 9.15 Å². The molecule has 33 heavy (non-hydrogen) atoms. The van der Waals surface area contributed by atoms with Crippen LogP contribution in [-0.4, -0.2) is 22.7 Å². The summed E-state index contributed by atoms with van der Waals surface area (Å²) in [4.78, 5) is 28.6. The lowest BCUT2D eigenvalue weighted by Crippen LogP contribution is -2.29. The van der Waals surface area contributed by atoms with Crippen LogP contribution in [0.25, 0.3) is 11.0 Å². The lowest BCUT2D eigenvalue weighted by Gasteiger charge is -2.22. The number of para-hydroxylation sites is 1. The van der Waals surface area contributed by atoms with E-state index in [0.29, 0.717) is 34.0 Å². The molecule has 2 aromatic heterocycles. The van der Waals surface area contributed by atoms with Gasteiger partial charge in [-0.2, -0.15) is 0 Å². The first kappa shape index (κ1) is 21.1. The molecule has 1 amide bonds. The highest BCUT2D eigenvalue weighted by Crippen LogP contribution is 2.42. The standard InChI is InChI=1S/C25H21N3O4S/c1-4-13-31-16-11-9-15(10-12-16)20-19-21(29)17-7-5-6-8-18(17)32-22(19)24(30)28(20)25-27-26-23(33-25)14(2)3/h4-12,14,20H,1,13H2,2-3H3/t20-/m0/s1. The van der Waals surface area contributed by atoms with Crippen LogP contribution in [-0.2, 0) is 0 Å². The van der Waals surface area contributed by atoms with Crippen molar-refractivity contribution in [1.82, 2.24) is 10.2 Å². The van der Waals surface area contributed by atoms with Crippen molar-refractivity contribution >= 4 is 33.3 Å². The van der Waals surface area contributed by atoms with E-state index in [0.717, 1.165) is 10.6 Å². The average Bonchev–Trinajstić information content (AvgIpc) is 3.42. The quantitative estimate of drug-likeness (QED) is 0.374. The summed E-state index contributed by atoms with van der Waals surface area (Å²) in [5.74, 6) is 0.463. The Labute approximate surface area is 194 Å². The second-order valence-electron chi connectivity index (χ2n) is 7.99. The molecule has 0 radical (unpaired) electrons. The Kier molecular flexibility index (Phi) is 5.30. The number of aromatic nitrogens is 2. The van der Waals surface area contributed by atoms with Gasteiger partial charge in [0, 0.05) is 5.92 Å². The molecule has 0 aliphatic carbocycles. The second kappa shape index (κ2) is 8.29. The summed E-state index contributed by atoms with van der Waals surface area (Å²) in [6, 6.07) is 13.6. The molecule has 1 aliphatic rings. The third-order valence-electron chi connectivity index (χ3n) is 5.47. The lowest BCUT2D eigenvalue weighted by atomic mass is 9.98. The van der Waals surface area contributed by atoms with Gasteiger partial charge in [0.2, 0.25) is 10.9 Å². The number of amides is 1. The molecule has 1 atom stereocenters. The van der Waals surface area contributed by atoms with Crippen molar-refractivity contribution in [3.8, 4) is 5.75 Å². The zero-order valence-electron chi connectivity index (χ0n) is 18.1. The molecule has 3 heterocycles. The van der Waals surface area contributed by atoms with Gasteiger partial charge in [-0.15, -0.1) is 10.2 Å². The van der Waals surface area contributed by atoms with Crippen LogP contribution in [0.1, 0.15) is 52.5 Å². The fraction of sp³-hybridized carbons (Fsp3) is 0.200. The highest BCUT2D eigenvalue weighted by atomic mass is 32.1. The zero-order chi connectivity index (χ0) is 23.1. The van der Waals surface area contributed by atoms with Gasteiger partial charge in [-0.25, -0.2) is 0 Å². The molecule has 0 saturated heterocycles. The first-order valence-corrected chi connectivity index (χ1v) is 11.4. The van der Waals surface area contributed by atoms with Crippen molar-refractivity contribution in [2.45, 2.75) is 25.8 Å². The number of carbonyl (C=O) groups excluding carboxylic acids is 1. The summed E-state index contributed by atoms with van der Waals surface area (Å²) in [6.07, 6.45) is 1.67. The van der Waals surface area contributed by atoms with E-state index in [-0.39, 0.29) is 17.1 Å². The fourth-order valence-electron chi connectivity index (χ4n) is 3.89. The van der Waals surface area contributed by atoms with E-state index in [1.165, 1.54) is 16.2 Å². The molecule has 0 saturated carbocycles. The van der Waals surface area contributed by atoms with Crippen LogP contribution < -0.4 is 15.1 Å². The van der Waals surface area contributed by atoms with Crippen LogP contribution in [0.15, 0.2) is 70.4 Å². The first-order chi connectivity index (χ1) is 16.0. The van der Waals surface area contributed by atoms with Gasteiger partial charge < -0.3 is 9.15 Å². The Morgan fingerprint density at radius 3 is 2.61 bits per heavy atom. The molecule has 0 bridgehead atoms. The van der Waals surface area contributed by atoms with Gasteiger partial charge in [-0.1, -0.05) is 62.1 Å². The molecule has 4 aromatic rings. The molecule has 166 valence electrons. The summed E-state index contributed by atoms with van der Waals surface area (Å²) in [7, 11) is 0. The van der Waals surface area contributed by atoms with Crippen LogP contribution in [0.4, 0.5) is 5.13 Å². The van der Waals surface area contributed by atoms with Gasteiger partial charge >= 0.3 is 0 Å². The van der Waals surface area contributed by atoms with Crippen molar-refractivity contribution in [2.75, 3.05) is 11.5 Å². The predicted octanol–water partition coefficient (Wildman–Crippen LogP) is 5.08. The zero-order valence-corrected chi connectivity index (χ0v) is 19.0. The van der Waals surface area contributed by atoms with Crippen LogP contribution in [0.5, 0.6) is 5.75 Å². The van der Waals surface area contributed by atoms with E-state index < -0.39 is 11.9 Å². The summed E-state index contributed by atoms with van der Waals surface area (Å²) in [5, 5.41) is 10.2. The van der Waals surface area contributed by atoms with Crippen molar-refractivity contribution < 1.29 is 13.9 Å². The van der Waals surface area contributed by atoms with Crippen molar-refractivity contribution in [3.63, 3.8) is 0 Å². The number of anilines is 1. The minimum absolute atomic E-state index is 0.0389. The molecular weight excluding hydrogens is 438 g/mol. The summed E-state index contributed by atoms with van der Waals surface area (Å²) < 4.78 is 11.5. The van der Waals surface area contributed by atoms with Crippen molar-refractivity contribution in [1.29, 1.82) is 0 Å². The summed E-state index contributed by atoms with van der Waals surface area (Å²) in [6.45, 7) is 8.07. The van der Waals surface area contributed by atoms with Crippen LogP contribution in [0, 0.1) is 0 Å².